The van der Waals surface area contributed by atoms with Crippen molar-refractivity contribution >= 4 is 22.5 Å². The zero-order valence-corrected chi connectivity index (χ0v) is 14.2. The van der Waals surface area contributed by atoms with Crippen molar-refractivity contribution in [2.24, 2.45) is 7.05 Å². The lowest BCUT2D eigenvalue weighted by atomic mass is 10.2. The SMILES string of the molecule is Cn1c(-c2cnccn2)nc2c(NC(=O)c3cnccn3)cccc2c1=O. The van der Waals surface area contributed by atoms with Gasteiger partial charge in [0.05, 0.1) is 23.5 Å². The van der Waals surface area contributed by atoms with Crippen molar-refractivity contribution in [3.05, 3.63) is 71.4 Å². The molecule has 9 nitrogen and oxygen atoms in total. The van der Waals surface area contributed by atoms with E-state index in [1.54, 1.807) is 25.2 Å². The summed E-state index contributed by atoms with van der Waals surface area (Å²) in [5.74, 6) is -0.0964. The van der Waals surface area contributed by atoms with E-state index in [2.05, 4.69) is 30.2 Å². The van der Waals surface area contributed by atoms with Gasteiger partial charge >= 0.3 is 0 Å². The minimum absolute atomic E-state index is 0.160. The van der Waals surface area contributed by atoms with E-state index < -0.39 is 5.91 Å². The van der Waals surface area contributed by atoms with Gasteiger partial charge in [-0.25, -0.2) is 15.0 Å². The van der Waals surface area contributed by atoms with E-state index in [-0.39, 0.29) is 11.3 Å². The summed E-state index contributed by atoms with van der Waals surface area (Å²) < 4.78 is 1.40. The molecular formula is C18H13N7O2. The number of nitrogens with zero attached hydrogens (tertiary/aromatic N) is 6. The lowest BCUT2D eigenvalue weighted by molar-refractivity contribution is 0.102. The summed E-state index contributed by atoms with van der Waals surface area (Å²) in [6.45, 7) is 0. The van der Waals surface area contributed by atoms with Crippen LogP contribution in [0, 0.1) is 0 Å². The molecule has 0 saturated carbocycles. The molecule has 0 aliphatic carbocycles. The Morgan fingerprint density at radius 2 is 1.81 bits per heavy atom. The van der Waals surface area contributed by atoms with Crippen LogP contribution in [0.2, 0.25) is 0 Å². The number of hydrogen-bond acceptors (Lipinski definition) is 7. The first-order valence-corrected chi connectivity index (χ1v) is 7.98. The molecule has 0 aliphatic rings. The summed E-state index contributed by atoms with van der Waals surface area (Å²) in [5.41, 5.74) is 1.11. The number of aromatic nitrogens is 6. The normalized spacial score (nSPS) is 10.7. The molecule has 0 spiro atoms. The van der Waals surface area contributed by atoms with Crippen molar-refractivity contribution in [2.45, 2.75) is 0 Å². The van der Waals surface area contributed by atoms with E-state index in [1.165, 1.54) is 41.7 Å². The number of para-hydroxylation sites is 1. The number of anilines is 1. The molecule has 132 valence electrons. The molecule has 0 aliphatic heterocycles. The molecule has 4 rings (SSSR count). The van der Waals surface area contributed by atoms with Crippen molar-refractivity contribution in [2.75, 3.05) is 5.32 Å². The van der Waals surface area contributed by atoms with Crippen molar-refractivity contribution in [3.8, 4) is 11.5 Å². The third kappa shape index (κ3) is 3.01. The highest BCUT2D eigenvalue weighted by Gasteiger charge is 2.16. The molecule has 1 N–H and O–H groups in total. The summed E-state index contributed by atoms with van der Waals surface area (Å²) in [5, 5.41) is 3.12. The van der Waals surface area contributed by atoms with Crippen LogP contribution >= 0.6 is 0 Å². The Morgan fingerprint density at radius 1 is 1.04 bits per heavy atom. The van der Waals surface area contributed by atoms with Gasteiger partial charge in [-0.3, -0.25) is 24.1 Å². The van der Waals surface area contributed by atoms with Crippen LogP contribution in [0.1, 0.15) is 10.5 Å². The number of amides is 1. The monoisotopic (exact) mass is 359 g/mol. The Bertz CT molecular complexity index is 1190. The fourth-order valence-electron chi connectivity index (χ4n) is 2.64. The predicted octanol–water partition coefficient (Wildman–Crippen LogP) is 1.43. The number of rotatable bonds is 3. The minimum Gasteiger partial charge on any atom is -0.319 e. The lowest BCUT2D eigenvalue weighted by Gasteiger charge is -2.11. The molecule has 1 aromatic carbocycles. The van der Waals surface area contributed by atoms with E-state index in [4.69, 9.17) is 0 Å². The third-order valence-electron chi connectivity index (χ3n) is 3.94. The van der Waals surface area contributed by atoms with Crippen LogP contribution in [0.4, 0.5) is 5.69 Å². The molecule has 1 amide bonds. The predicted molar refractivity (Wildman–Crippen MR) is 98.0 cm³/mol. The first-order valence-electron chi connectivity index (χ1n) is 7.98. The van der Waals surface area contributed by atoms with Gasteiger partial charge < -0.3 is 5.32 Å². The Balaban J connectivity index is 1.86. The highest BCUT2D eigenvalue weighted by Crippen LogP contribution is 2.22. The molecule has 0 atom stereocenters. The van der Waals surface area contributed by atoms with E-state index in [9.17, 15) is 9.59 Å². The maximum atomic E-state index is 12.8. The Kier molecular flexibility index (Phi) is 4.09. The number of fused-ring (bicyclic) bond motifs is 1. The molecule has 0 fully saturated rings. The fourth-order valence-corrected chi connectivity index (χ4v) is 2.64. The summed E-state index contributed by atoms with van der Waals surface area (Å²) in [4.78, 5) is 45.8. The van der Waals surface area contributed by atoms with Crippen LogP contribution in [0.3, 0.4) is 0 Å². The van der Waals surface area contributed by atoms with Gasteiger partial charge in [0.15, 0.2) is 5.82 Å². The van der Waals surface area contributed by atoms with E-state index >= 15 is 0 Å². The Morgan fingerprint density at radius 3 is 2.52 bits per heavy atom. The average Bonchev–Trinajstić information content (AvgIpc) is 2.72. The second-order valence-corrected chi connectivity index (χ2v) is 5.64. The number of benzene rings is 1. The van der Waals surface area contributed by atoms with Crippen LogP contribution in [0.15, 0.2) is 60.2 Å². The maximum absolute atomic E-state index is 12.8. The topological polar surface area (TPSA) is 116 Å². The summed E-state index contributed by atoms with van der Waals surface area (Å²) in [7, 11) is 1.61. The smallest absolute Gasteiger partial charge is 0.275 e. The van der Waals surface area contributed by atoms with Crippen molar-refractivity contribution in [3.63, 3.8) is 0 Å². The van der Waals surface area contributed by atoms with Crippen LogP contribution in [-0.4, -0.2) is 35.4 Å². The largest absolute Gasteiger partial charge is 0.319 e. The van der Waals surface area contributed by atoms with Gasteiger partial charge in [0.1, 0.15) is 16.9 Å². The summed E-state index contributed by atoms with van der Waals surface area (Å²) >= 11 is 0. The van der Waals surface area contributed by atoms with Gasteiger partial charge in [0.2, 0.25) is 0 Å². The van der Waals surface area contributed by atoms with Gasteiger partial charge in [-0.1, -0.05) is 6.07 Å². The highest BCUT2D eigenvalue weighted by atomic mass is 16.2. The van der Waals surface area contributed by atoms with Crippen molar-refractivity contribution < 1.29 is 4.79 Å². The molecule has 4 aromatic rings. The Hall–Kier alpha value is -4.01. The van der Waals surface area contributed by atoms with E-state index in [0.717, 1.165) is 0 Å². The highest BCUT2D eigenvalue weighted by molar-refractivity contribution is 6.07. The molecule has 9 heteroatoms. The quantitative estimate of drug-likeness (QED) is 0.588. The number of carbonyl (C=O) groups is 1. The van der Waals surface area contributed by atoms with Crippen LogP contribution in [-0.2, 0) is 7.05 Å². The second kappa shape index (κ2) is 6.71. The zero-order valence-electron chi connectivity index (χ0n) is 14.2. The van der Waals surface area contributed by atoms with Crippen molar-refractivity contribution in [1.82, 2.24) is 29.5 Å². The van der Waals surface area contributed by atoms with Crippen molar-refractivity contribution in [1.29, 1.82) is 0 Å². The molecule has 0 radical (unpaired) electrons. The van der Waals surface area contributed by atoms with Gasteiger partial charge in [-0.2, -0.15) is 0 Å². The fraction of sp³-hybridized carbons (Fsp3) is 0.0556. The first kappa shape index (κ1) is 16.5. The van der Waals surface area contributed by atoms with Crippen LogP contribution in [0.25, 0.3) is 22.4 Å². The zero-order chi connectivity index (χ0) is 18.8. The van der Waals surface area contributed by atoms with E-state index in [1.807, 2.05) is 0 Å². The second-order valence-electron chi connectivity index (χ2n) is 5.64. The number of carbonyl (C=O) groups excluding carboxylic acids is 1. The molecular weight excluding hydrogens is 346 g/mol. The molecule has 27 heavy (non-hydrogen) atoms. The molecule has 0 saturated heterocycles. The first-order chi connectivity index (χ1) is 13.1. The number of hydrogen-bond donors (Lipinski definition) is 1. The van der Waals surface area contributed by atoms with E-state index in [0.29, 0.717) is 28.1 Å². The lowest BCUT2D eigenvalue weighted by Crippen LogP contribution is -2.22. The standard InChI is InChI=1S/C18H13N7O2/c1-25-16(13-9-19-5-7-21-13)24-15-11(18(25)27)3-2-4-12(15)23-17(26)14-10-20-6-8-22-14/h2-10H,1H3,(H,23,26). The van der Waals surface area contributed by atoms with Gasteiger partial charge in [0, 0.05) is 31.8 Å². The third-order valence-corrected chi connectivity index (χ3v) is 3.94. The summed E-state index contributed by atoms with van der Waals surface area (Å²) in [6.07, 6.45) is 8.85. The molecule has 3 heterocycles. The average molecular weight is 359 g/mol. The maximum Gasteiger partial charge on any atom is 0.275 e. The minimum atomic E-state index is -0.445. The van der Waals surface area contributed by atoms with Gasteiger partial charge in [-0.15, -0.1) is 0 Å². The molecule has 3 aromatic heterocycles. The van der Waals surface area contributed by atoms with Gasteiger partial charge in [-0.05, 0) is 12.1 Å². The van der Waals surface area contributed by atoms with Gasteiger partial charge in [0.25, 0.3) is 11.5 Å². The molecule has 0 unspecified atom stereocenters. The Labute approximate surface area is 152 Å². The van der Waals surface area contributed by atoms with Crippen LogP contribution in [0.5, 0.6) is 0 Å². The van der Waals surface area contributed by atoms with Crippen LogP contribution < -0.4 is 10.9 Å². The number of nitrogens with one attached hydrogen (secondary N) is 1. The summed E-state index contributed by atoms with van der Waals surface area (Å²) in [6, 6.07) is 5.01. The molecule has 0 bridgehead atoms.